The number of benzene rings is 1. The van der Waals surface area contributed by atoms with Crippen molar-refractivity contribution in [2.75, 3.05) is 11.9 Å². The highest BCUT2D eigenvalue weighted by atomic mass is 79.9. The van der Waals surface area contributed by atoms with Crippen molar-refractivity contribution >= 4 is 49.4 Å². The summed E-state index contributed by atoms with van der Waals surface area (Å²) in [5, 5.41) is 1.42. The lowest BCUT2D eigenvalue weighted by molar-refractivity contribution is 0.0581. The molecule has 104 valence electrons. The molecule has 0 aliphatic heterocycles. The van der Waals surface area contributed by atoms with Gasteiger partial charge in [-0.15, -0.1) is 0 Å². The molecule has 0 saturated heterocycles. The van der Waals surface area contributed by atoms with Crippen LogP contribution in [0, 0.1) is 0 Å². The molecule has 2 rings (SSSR count). The smallest absolute Gasteiger partial charge is 0.255 e. The van der Waals surface area contributed by atoms with E-state index in [1.54, 1.807) is 6.07 Å². The molecular weight excluding hydrogens is 393 g/mol. The molecule has 0 bridgehead atoms. The van der Waals surface area contributed by atoms with E-state index >= 15 is 0 Å². The average molecular weight is 410 g/mol. The molecule has 5 heteroatoms. The van der Waals surface area contributed by atoms with Gasteiger partial charge in [0.1, 0.15) is 0 Å². The summed E-state index contributed by atoms with van der Waals surface area (Å²) in [6.45, 7) is 0.789. The molecule has 0 atom stereocenters. The predicted molar refractivity (Wildman–Crippen MR) is 86.2 cm³/mol. The highest BCUT2D eigenvalue weighted by molar-refractivity contribution is 9.10. The molecule has 0 aromatic heterocycles. The lowest BCUT2D eigenvalue weighted by Crippen LogP contribution is -2.45. The van der Waals surface area contributed by atoms with Gasteiger partial charge in [0.05, 0.1) is 10.6 Å². The molecular formula is C14H16Br2ClNO. The number of nitrogens with zero attached hydrogens (tertiary/aromatic N) is 1. The van der Waals surface area contributed by atoms with Crippen LogP contribution in [0.15, 0.2) is 22.7 Å². The van der Waals surface area contributed by atoms with E-state index in [-0.39, 0.29) is 5.91 Å². The molecule has 0 spiro atoms. The summed E-state index contributed by atoms with van der Waals surface area (Å²) in [7, 11) is 0. The van der Waals surface area contributed by atoms with Crippen LogP contribution < -0.4 is 0 Å². The maximum absolute atomic E-state index is 12.7. The number of hydrogen-bond donors (Lipinski definition) is 0. The minimum Gasteiger partial charge on any atom is -0.336 e. The second-order valence-electron chi connectivity index (χ2n) is 4.73. The Balaban J connectivity index is 2.20. The van der Waals surface area contributed by atoms with Crippen molar-refractivity contribution in [3.8, 4) is 0 Å². The Morgan fingerprint density at radius 1 is 1.42 bits per heavy atom. The van der Waals surface area contributed by atoms with Crippen LogP contribution in [0.25, 0.3) is 0 Å². The Morgan fingerprint density at radius 3 is 2.74 bits per heavy atom. The number of carbonyl (C=O) groups is 1. The van der Waals surface area contributed by atoms with Gasteiger partial charge in [-0.25, -0.2) is 0 Å². The Kier molecular flexibility index (Phi) is 5.72. The fourth-order valence-electron chi connectivity index (χ4n) is 2.20. The van der Waals surface area contributed by atoms with Gasteiger partial charge >= 0.3 is 0 Å². The summed E-state index contributed by atoms with van der Waals surface area (Å²) in [6.07, 6.45) is 4.40. The van der Waals surface area contributed by atoms with Crippen molar-refractivity contribution in [1.29, 1.82) is 0 Å². The third kappa shape index (κ3) is 3.53. The molecule has 0 radical (unpaired) electrons. The van der Waals surface area contributed by atoms with Gasteiger partial charge in [0.15, 0.2) is 0 Å². The fraction of sp³-hybridized carbons (Fsp3) is 0.500. The second-order valence-corrected chi connectivity index (χ2v) is 6.75. The number of amides is 1. The normalized spacial score (nSPS) is 15.1. The quantitative estimate of drug-likeness (QED) is 0.635. The van der Waals surface area contributed by atoms with E-state index in [1.807, 2.05) is 17.0 Å². The van der Waals surface area contributed by atoms with Crippen LogP contribution >= 0.6 is 43.5 Å². The highest BCUT2D eigenvalue weighted by Crippen LogP contribution is 2.31. The topological polar surface area (TPSA) is 20.3 Å². The minimum absolute atomic E-state index is 0.0527. The van der Waals surface area contributed by atoms with Gasteiger partial charge in [-0.1, -0.05) is 33.6 Å². The monoisotopic (exact) mass is 407 g/mol. The SMILES string of the molecule is O=C(c1cccc(Br)c1Cl)N(CCCBr)C1CCC1. The summed E-state index contributed by atoms with van der Waals surface area (Å²) < 4.78 is 0.772. The van der Waals surface area contributed by atoms with E-state index in [0.717, 1.165) is 35.6 Å². The summed E-state index contributed by atoms with van der Waals surface area (Å²) in [5.74, 6) is 0.0527. The molecule has 1 fully saturated rings. The Labute approximate surface area is 135 Å². The first-order chi connectivity index (χ1) is 9.15. The fourth-order valence-corrected chi connectivity index (χ4v) is 3.03. The second kappa shape index (κ2) is 7.09. The van der Waals surface area contributed by atoms with Gasteiger partial charge in [0.2, 0.25) is 0 Å². The van der Waals surface area contributed by atoms with Gasteiger partial charge in [-0.3, -0.25) is 4.79 Å². The van der Waals surface area contributed by atoms with Crippen LogP contribution in [0.3, 0.4) is 0 Å². The van der Waals surface area contributed by atoms with E-state index in [0.29, 0.717) is 16.6 Å². The van der Waals surface area contributed by atoms with Crippen LogP contribution in [0.4, 0.5) is 0 Å². The maximum Gasteiger partial charge on any atom is 0.255 e. The zero-order valence-electron chi connectivity index (χ0n) is 10.5. The number of alkyl halides is 1. The van der Waals surface area contributed by atoms with Crippen LogP contribution in [-0.4, -0.2) is 28.7 Å². The molecule has 1 amide bonds. The first-order valence-corrected chi connectivity index (χ1v) is 8.75. The molecule has 1 aliphatic rings. The van der Waals surface area contributed by atoms with Crippen molar-refractivity contribution in [3.63, 3.8) is 0 Å². The molecule has 1 aromatic rings. The van der Waals surface area contributed by atoms with E-state index in [1.165, 1.54) is 6.42 Å². The van der Waals surface area contributed by atoms with Gasteiger partial charge < -0.3 is 4.90 Å². The van der Waals surface area contributed by atoms with Crippen LogP contribution in [0.5, 0.6) is 0 Å². The van der Waals surface area contributed by atoms with Crippen molar-refractivity contribution in [1.82, 2.24) is 4.90 Å². The highest BCUT2D eigenvalue weighted by Gasteiger charge is 2.30. The summed E-state index contributed by atoms with van der Waals surface area (Å²) in [5.41, 5.74) is 0.595. The predicted octanol–water partition coefficient (Wildman–Crippen LogP) is 4.88. The summed E-state index contributed by atoms with van der Waals surface area (Å²) >= 11 is 13.0. The van der Waals surface area contributed by atoms with Gasteiger partial charge in [0, 0.05) is 22.4 Å². The standard InChI is InChI=1S/C14H16Br2ClNO/c15-8-3-9-18(10-4-1-5-10)14(19)11-6-2-7-12(16)13(11)17/h2,6-7,10H,1,3-5,8-9H2. The maximum atomic E-state index is 12.7. The molecule has 0 N–H and O–H groups in total. The van der Waals surface area contributed by atoms with E-state index in [4.69, 9.17) is 11.6 Å². The molecule has 0 heterocycles. The lowest BCUT2D eigenvalue weighted by atomic mass is 9.91. The van der Waals surface area contributed by atoms with E-state index in [9.17, 15) is 4.79 Å². The lowest BCUT2D eigenvalue weighted by Gasteiger charge is -2.37. The van der Waals surface area contributed by atoms with Crippen molar-refractivity contribution in [2.24, 2.45) is 0 Å². The first-order valence-electron chi connectivity index (χ1n) is 6.46. The third-order valence-electron chi connectivity index (χ3n) is 3.49. The van der Waals surface area contributed by atoms with E-state index < -0.39 is 0 Å². The number of hydrogen-bond acceptors (Lipinski definition) is 1. The minimum atomic E-state index is 0.0527. The number of halogens is 3. The largest absolute Gasteiger partial charge is 0.336 e. The van der Waals surface area contributed by atoms with Gasteiger partial charge in [-0.05, 0) is 53.7 Å². The molecule has 2 nitrogen and oxygen atoms in total. The molecule has 1 saturated carbocycles. The molecule has 1 aromatic carbocycles. The number of carbonyl (C=O) groups excluding carboxylic acids is 1. The summed E-state index contributed by atoms with van der Waals surface area (Å²) in [4.78, 5) is 14.6. The Bertz CT molecular complexity index is 463. The Morgan fingerprint density at radius 2 is 2.16 bits per heavy atom. The van der Waals surface area contributed by atoms with Gasteiger partial charge in [-0.2, -0.15) is 0 Å². The van der Waals surface area contributed by atoms with Crippen LogP contribution in [0.1, 0.15) is 36.0 Å². The number of rotatable bonds is 5. The molecule has 19 heavy (non-hydrogen) atoms. The van der Waals surface area contributed by atoms with Crippen molar-refractivity contribution in [2.45, 2.75) is 31.7 Å². The zero-order chi connectivity index (χ0) is 13.8. The van der Waals surface area contributed by atoms with Crippen molar-refractivity contribution in [3.05, 3.63) is 33.3 Å². The van der Waals surface area contributed by atoms with Crippen LogP contribution in [0.2, 0.25) is 5.02 Å². The first kappa shape index (κ1) is 15.3. The van der Waals surface area contributed by atoms with Crippen molar-refractivity contribution < 1.29 is 4.79 Å². The van der Waals surface area contributed by atoms with Crippen LogP contribution in [-0.2, 0) is 0 Å². The molecule has 1 aliphatic carbocycles. The summed E-state index contributed by atoms with van der Waals surface area (Å²) in [6, 6.07) is 5.90. The average Bonchev–Trinajstić information content (AvgIpc) is 2.34. The Hall–Kier alpha value is -0.0600. The van der Waals surface area contributed by atoms with Gasteiger partial charge in [0.25, 0.3) is 5.91 Å². The van der Waals surface area contributed by atoms with E-state index in [2.05, 4.69) is 31.9 Å². The third-order valence-corrected chi connectivity index (χ3v) is 5.35. The molecule has 0 unspecified atom stereocenters. The zero-order valence-corrected chi connectivity index (χ0v) is 14.5.